The van der Waals surface area contributed by atoms with E-state index in [4.69, 9.17) is 21.1 Å². The van der Waals surface area contributed by atoms with Crippen LogP contribution in [0.3, 0.4) is 0 Å². The molecule has 0 radical (unpaired) electrons. The van der Waals surface area contributed by atoms with Crippen molar-refractivity contribution in [2.45, 2.75) is 11.1 Å². The third-order valence-electron chi connectivity index (χ3n) is 4.49. The molecular weight excluding hydrogens is 404 g/mol. The molecule has 1 fully saturated rings. The summed E-state index contributed by atoms with van der Waals surface area (Å²) in [6.07, 6.45) is -0.0510. The summed E-state index contributed by atoms with van der Waals surface area (Å²) >= 11 is 5.98. The summed E-state index contributed by atoms with van der Waals surface area (Å²) in [5, 5.41) is 0.315. The predicted molar refractivity (Wildman–Crippen MR) is 105 cm³/mol. The maximum absolute atomic E-state index is 13.0. The Bertz CT molecular complexity index is 915. The van der Waals surface area contributed by atoms with Crippen LogP contribution >= 0.6 is 11.6 Å². The average molecular weight is 425 g/mol. The first-order valence-corrected chi connectivity index (χ1v) is 10.5. The lowest BCUT2D eigenvalue weighted by molar-refractivity contribution is -0.122. The number of methoxy groups -OCH3 is 1. The Hall–Kier alpha value is -2.13. The fourth-order valence-electron chi connectivity index (χ4n) is 3.02. The summed E-state index contributed by atoms with van der Waals surface area (Å²) in [7, 11) is -2.36. The summed E-state index contributed by atoms with van der Waals surface area (Å²) in [5.41, 5.74) is 0. The first kappa shape index (κ1) is 20.6. The molecule has 3 rings (SSSR count). The van der Waals surface area contributed by atoms with Gasteiger partial charge in [-0.15, -0.1) is 0 Å². The van der Waals surface area contributed by atoms with E-state index < -0.39 is 16.3 Å². The largest absolute Gasteiger partial charge is 0.495 e. The van der Waals surface area contributed by atoms with Crippen LogP contribution in [0.1, 0.15) is 0 Å². The van der Waals surface area contributed by atoms with E-state index in [0.29, 0.717) is 23.9 Å². The first-order chi connectivity index (χ1) is 13.5. The molecule has 0 amide bonds. The number of piperazine rings is 1. The topological polar surface area (TPSA) is 76.2 Å². The average Bonchev–Trinajstić information content (AvgIpc) is 2.73. The second kappa shape index (κ2) is 8.91. The summed E-state index contributed by atoms with van der Waals surface area (Å²) in [5.74, 6) is 0.823. The predicted octanol–water partition coefficient (Wildman–Crippen LogP) is 2.26. The normalized spacial score (nSPS) is 17.1. The van der Waals surface area contributed by atoms with Gasteiger partial charge in [-0.1, -0.05) is 29.8 Å². The van der Waals surface area contributed by atoms with E-state index in [1.807, 2.05) is 18.2 Å². The lowest BCUT2D eigenvalue weighted by atomic mass is 10.3. The molecule has 1 atom stereocenters. The molecule has 7 nitrogen and oxygen atoms in total. The van der Waals surface area contributed by atoms with Crippen LogP contribution in [0, 0.1) is 0 Å². The van der Waals surface area contributed by atoms with Gasteiger partial charge in [-0.2, -0.15) is 4.31 Å². The highest BCUT2D eigenvalue weighted by Gasteiger charge is 2.33. The molecule has 2 aromatic carbocycles. The van der Waals surface area contributed by atoms with Gasteiger partial charge in [-0.25, -0.2) is 8.42 Å². The van der Waals surface area contributed by atoms with Gasteiger partial charge in [0.15, 0.2) is 6.29 Å². The van der Waals surface area contributed by atoms with Gasteiger partial charge < -0.3 is 9.47 Å². The zero-order valence-corrected chi connectivity index (χ0v) is 16.9. The lowest BCUT2D eigenvalue weighted by Gasteiger charge is -2.36. The zero-order chi connectivity index (χ0) is 20.1. The molecule has 9 heteroatoms. The lowest BCUT2D eigenvalue weighted by Crippen LogP contribution is -2.53. The van der Waals surface area contributed by atoms with Crippen LogP contribution < -0.4 is 9.47 Å². The van der Waals surface area contributed by atoms with E-state index in [1.54, 1.807) is 23.1 Å². The minimum absolute atomic E-state index is 0.0309. The third kappa shape index (κ3) is 4.47. The zero-order valence-electron chi connectivity index (χ0n) is 15.3. The van der Waals surface area contributed by atoms with Crippen molar-refractivity contribution in [2.75, 3.05) is 33.3 Å². The van der Waals surface area contributed by atoms with E-state index in [2.05, 4.69) is 0 Å². The Morgan fingerprint density at radius 2 is 1.75 bits per heavy atom. The molecule has 0 spiro atoms. The molecule has 1 heterocycles. The van der Waals surface area contributed by atoms with Gasteiger partial charge in [-0.05, 0) is 30.3 Å². The summed E-state index contributed by atoms with van der Waals surface area (Å²) < 4.78 is 38.3. The molecule has 150 valence electrons. The number of carbonyl (C=O) groups is 1. The van der Waals surface area contributed by atoms with Crippen LogP contribution in [-0.4, -0.2) is 63.4 Å². The van der Waals surface area contributed by atoms with Crippen molar-refractivity contribution in [1.29, 1.82) is 0 Å². The number of hydrogen-bond donors (Lipinski definition) is 0. The number of aldehydes is 1. The Morgan fingerprint density at radius 1 is 1.07 bits per heavy atom. The summed E-state index contributed by atoms with van der Waals surface area (Å²) in [6, 6.07) is 13.5. The standard InChI is InChI=1S/C19H21ClN2O5S/c1-26-17-8-7-15(20)13-18(17)28(24,25)22-11-9-21(10-12-22)19(14-23)27-16-5-3-2-4-6-16/h2-8,13-14,19H,9-12H2,1H3. The highest BCUT2D eigenvalue weighted by atomic mass is 35.5. The maximum Gasteiger partial charge on any atom is 0.246 e. The summed E-state index contributed by atoms with van der Waals surface area (Å²) in [4.78, 5) is 13.3. The maximum atomic E-state index is 13.0. The van der Waals surface area contributed by atoms with Gasteiger partial charge in [0.25, 0.3) is 0 Å². The van der Waals surface area contributed by atoms with Crippen LogP contribution in [0.2, 0.25) is 5.02 Å². The molecule has 1 unspecified atom stereocenters. The number of nitrogens with zero attached hydrogens (tertiary/aromatic N) is 2. The number of ether oxygens (including phenoxy) is 2. The highest BCUT2D eigenvalue weighted by molar-refractivity contribution is 7.89. The fraction of sp³-hybridized carbons (Fsp3) is 0.316. The van der Waals surface area contributed by atoms with Crippen LogP contribution in [0.15, 0.2) is 53.4 Å². The third-order valence-corrected chi connectivity index (χ3v) is 6.65. The fourth-order valence-corrected chi connectivity index (χ4v) is 4.86. The highest BCUT2D eigenvalue weighted by Crippen LogP contribution is 2.30. The van der Waals surface area contributed by atoms with Crippen LogP contribution in [0.25, 0.3) is 0 Å². The number of hydrogen-bond acceptors (Lipinski definition) is 6. The van der Waals surface area contributed by atoms with Crippen molar-refractivity contribution < 1.29 is 22.7 Å². The minimum atomic E-state index is -3.77. The van der Waals surface area contributed by atoms with Crippen molar-refractivity contribution in [3.63, 3.8) is 0 Å². The number of benzene rings is 2. The smallest absolute Gasteiger partial charge is 0.246 e. The molecule has 0 saturated carbocycles. The molecule has 2 aromatic rings. The molecular formula is C19H21ClN2O5S. The van der Waals surface area contributed by atoms with Gasteiger partial charge in [0.1, 0.15) is 16.4 Å². The van der Waals surface area contributed by atoms with Crippen LogP contribution in [0.4, 0.5) is 0 Å². The quantitative estimate of drug-likeness (QED) is 0.634. The second-order valence-corrected chi connectivity index (χ2v) is 8.54. The Balaban J connectivity index is 1.70. The van der Waals surface area contributed by atoms with Gasteiger partial charge in [-0.3, -0.25) is 9.69 Å². The van der Waals surface area contributed by atoms with E-state index in [-0.39, 0.29) is 23.7 Å². The Kier molecular flexibility index (Phi) is 6.56. The number of rotatable bonds is 7. The van der Waals surface area contributed by atoms with Gasteiger partial charge in [0, 0.05) is 31.2 Å². The number of para-hydroxylation sites is 1. The molecule has 0 N–H and O–H groups in total. The summed E-state index contributed by atoms with van der Waals surface area (Å²) in [6.45, 7) is 1.16. The molecule has 0 aromatic heterocycles. The van der Waals surface area contributed by atoms with Gasteiger partial charge in [0.2, 0.25) is 16.3 Å². The van der Waals surface area contributed by atoms with E-state index >= 15 is 0 Å². The molecule has 1 aliphatic heterocycles. The van der Waals surface area contributed by atoms with Gasteiger partial charge >= 0.3 is 0 Å². The van der Waals surface area contributed by atoms with Crippen molar-refractivity contribution in [3.8, 4) is 11.5 Å². The number of carbonyl (C=O) groups excluding carboxylic acids is 1. The van der Waals surface area contributed by atoms with E-state index in [0.717, 1.165) is 6.29 Å². The number of halogens is 1. The minimum Gasteiger partial charge on any atom is -0.495 e. The van der Waals surface area contributed by atoms with Crippen molar-refractivity contribution in [3.05, 3.63) is 53.6 Å². The van der Waals surface area contributed by atoms with Crippen LogP contribution in [-0.2, 0) is 14.8 Å². The molecule has 0 bridgehead atoms. The van der Waals surface area contributed by atoms with Crippen molar-refractivity contribution >= 4 is 27.9 Å². The Labute approximate surface area is 169 Å². The van der Waals surface area contributed by atoms with Crippen LogP contribution in [0.5, 0.6) is 11.5 Å². The first-order valence-electron chi connectivity index (χ1n) is 8.70. The molecule has 28 heavy (non-hydrogen) atoms. The monoisotopic (exact) mass is 424 g/mol. The van der Waals surface area contributed by atoms with Crippen molar-refractivity contribution in [1.82, 2.24) is 9.21 Å². The van der Waals surface area contributed by atoms with E-state index in [1.165, 1.54) is 23.5 Å². The molecule has 1 aliphatic rings. The van der Waals surface area contributed by atoms with E-state index in [9.17, 15) is 13.2 Å². The second-order valence-electron chi connectivity index (χ2n) is 6.19. The van der Waals surface area contributed by atoms with Crippen molar-refractivity contribution in [2.24, 2.45) is 0 Å². The Morgan fingerprint density at radius 3 is 2.36 bits per heavy atom. The molecule has 0 aliphatic carbocycles. The molecule has 1 saturated heterocycles. The SMILES string of the molecule is COc1ccc(Cl)cc1S(=O)(=O)N1CCN(C(C=O)Oc2ccccc2)CC1. The number of sulfonamides is 1. The van der Waals surface area contributed by atoms with Gasteiger partial charge in [0.05, 0.1) is 7.11 Å².